The van der Waals surface area contributed by atoms with E-state index in [0.29, 0.717) is 30.0 Å². The molecule has 1 heterocycles. The molecule has 0 aromatic heterocycles. The fourth-order valence-corrected chi connectivity index (χ4v) is 3.01. The van der Waals surface area contributed by atoms with Crippen LogP contribution in [0.1, 0.15) is 28.8 Å². The van der Waals surface area contributed by atoms with E-state index in [-0.39, 0.29) is 18.4 Å². The first-order valence-corrected chi connectivity index (χ1v) is 9.00. The number of hydrogen-bond donors (Lipinski definition) is 1. The average molecular weight is 382 g/mol. The first-order valence-electron chi connectivity index (χ1n) is 9.00. The number of ether oxygens (including phenoxy) is 2. The Kier molecular flexibility index (Phi) is 5.93. The van der Waals surface area contributed by atoms with Crippen LogP contribution in [0.2, 0.25) is 0 Å². The van der Waals surface area contributed by atoms with Gasteiger partial charge in [0.05, 0.1) is 12.7 Å². The summed E-state index contributed by atoms with van der Waals surface area (Å²) in [6, 6.07) is 12.1. The van der Waals surface area contributed by atoms with E-state index in [1.807, 2.05) is 13.0 Å². The molecule has 3 rings (SSSR count). The molecule has 0 bridgehead atoms. The maximum atomic E-state index is 12.3. The number of benzene rings is 2. The van der Waals surface area contributed by atoms with Crippen molar-refractivity contribution in [2.24, 2.45) is 0 Å². The van der Waals surface area contributed by atoms with Crippen LogP contribution in [0.25, 0.3) is 0 Å². The highest BCUT2D eigenvalue weighted by Gasteiger charge is 2.21. The van der Waals surface area contributed by atoms with E-state index in [1.165, 1.54) is 7.11 Å². The largest absolute Gasteiger partial charge is 0.483 e. The van der Waals surface area contributed by atoms with Gasteiger partial charge in [-0.25, -0.2) is 4.79 Å². The van der Waals surface area contributed by atoms with Crippen molar-refractivity contribution in [3.63, 3.8) is 0 Å². The molecule has 146 valence electrons. The predicted molar refractivity (Wildman–Crippen MR) is 105 cm³/mol. The first-order chi connectivity index (χ1) is 13.5. The van der Waals surface area contributed by atoms with Gasteiger partial charge in [0.15, 0.2) is 6.61 Å². The standard InChI is InChI=1S/C21H22N2O5/c1-14-8-9-15(21(26)27-2)11-18(14)28-13-19(24)22-16-5-3-6-17(12-16)23-10-4-7-20(23)25/h3,5-6,8-9,11-12H,4,7,10,13H2,1-2H3,(H,22,24). The smallest absolute Gasteiger partial charge is 0.337 e. The highest BCUT2D eigenvalue weighted by atomic mass is 16.5. The van der Waals surface area contributed by atoms with Crippen LogP contribution in [0.5, 0.6) is 5.75 Å². The minimum atomic E-state index is -0.470. The Labute approximate surface area is 163 Å². The summed E-state index contributed by atoms with van der Waals surface area (Å²) < 4.78 is 10.3. The molecule has 1 fully saturated rings. The highest BCUT2D eigenvalue weighted by molar-refractivity contribution is 5.97. The van der Waals surface area contributed by atoms with Gasteiger partial charge in [-0.3, -0.25) is 9.59 Å². The fourth-order valence-electron chi connectivity index (χ4n) is 3.01. The molecule has 2 aromatic carbocycles. The molecule has 28 heavy (non-hydrogen) atoms. The minimum Gasteiger partial charge on any atom is -0.483 e. The Hall–Kier alpha value is -3.35. The minimum absolute atomic E-state index is 0.0905. The summed E-state index contributed by atoms with van der Waals surface area (Å²) in [5.41, 5.74) is 2.51. The number of rotatable bonds is 6. The second-order valence-electron chi connectivity index (χ2n) is 6.51. The van der Waals surface area contributed by atoms with Gasteiger partial charge in [-0.2, -0.15) is 0 Å². The van der Waals surface area contributed by atoms with Gasteiger partial charge in [-0.1, -0.05) is 12.1 Å². The van der Waals surface area contributed by atoms with Gasteiger partial charge >= 0.3 is 5.97 Å². The van der Waals surface area contributed by atoms with Crippen molar-refractivity contribution in [3.8, 4) is 5.75 Å². The van der Waals surface area contributed by atoms with Crippen LogP contribution >= 0.6 is 0 Å². The molecule has 0 radical (unpaired) electrons. The van der Waals surface area contributed by atoms with E-state index in [4.69, 9.17) is 9.47 Å². The van der Waals surface area contributed by atoms with Gasteiger partial charge in [-0.15, -0.1) is 0 Å². The lowest BCUT2D eigenvalue weighted by molar-refractivity contribution is -0.118. The van der Waals surface area contributed by atoms with E-state index >= 15 is 0 Å². The van der Waals surface area contributed by atoms with Gasteiger partial charge in [0, 0.05) is 24.3 Å². The molecule has 2 aromatic rings. The fraction of sp³-hybridized carbons (Fsp3) is 0.286. The van der Waals surface area contributed by atoms with Crippen molar-refractivity contribution in [1.29, 1.82) is 0 Å². The highest BCUT2D eigenvalue weighted by Crippen LogP contribution is 2.24. The molecule has 1 saturated heterocycles. The Balaban J connectivity index is 1.62. The average Bonchev–Trinajstić information content (AvgIpc) is 3.13. The monoisotopic (exact) mass is 382 g/mol. The van der Waals surface area contributed by atoms with Crippen LogP contribution in [-0.2, 0) is 14.3 Å². The molecular formula is C21H22N2O5. The van der Waals surface area contributed by atoms with Crippen molar-refractivity contribution in [2.45, 2.75) is 19.8 Å². The van der Waals surface area contributed by atoms with E-state index in [2.05, 4.69) is 5.32 Å². The van der Waals surface area contributed by atoms with Gasteiger partial charge in [0.25, 0.3) is 5.91 Å². The lowest BCUT2D eigenvalue weighted by Crippen LogP contribution is -2.24. The summed E-state index contributed by atoms with van der Waals surface area (Å²) >= 11 is 0. The van der Waals surface area contributed by atoms with Crippen molar-refractivity contribution in [1.82, 2.24) is 0 Å². The van der Waals surface area contributed by atoms with Gasteiger partial charge in [-0.05, 0) is 49.2 Å². The van der Waals surface area contributed by atoms with E-state index in [0.717, 1.165) is 17.7 Å². The molecule has 1 N–H and O–H groups in total. The number of aryl methyl sites for hydroxylation is 1. The predicted octanol–water partition coefficient (Wildman–Crippen LogP) is 2.93. The van der Waals surface area contributed by atoms with Crippen LogP contribution in [0.4, 0.5) is 11.4 Å². The number of nitrogens with one attached hydrogen (secondary N) is 1. The topological polar surface area (TPSA) is 84.9 Å². The maximum Gasteiger partial charge on any atom is 0.337 e. The van der Waals surface area contributed by atoms with Crippen molar-refractivity contribution >= 4 is 29.2 Å². The summed E-state index contributed by atoms with van der Waals surface area (Å²) in [6.07, 6.45) is 1.39. The molecule has 0 spiro atoms. The zero-order valence-electron chi connectivity index (χ0n) is 15.9. The van der Waals surface area contributed by atoms with Gasteiger partial charge in [0.2, 0.25) is 5.91 Å². The van der Waals surface area contributed by atoms with Crippen LogP contribution in [0, 0.1) is 6.92 Å². The zero-order chi connectivity index (χ0) is 20.1. The number of amides is 2. The lowest BCUT2D eigenvalue weighted by atomic mass is 10.1. The summed E-state index contributed by atoms with van der Waals surface area (Å²) in [7, 11) is 1.31. The third kappa shape index (κ3) is 4.49. The molecule has 0 unspecified atom stereocenters. The molecule has 1 aliphatic rings. The summed E-state index contributed by atoms with van der Waals surface area (Å²) in [6.45, 7) is 2.30. The number of hydrogen-bond acceptors (Lipinski definition) is 5. The third-order valence-corrected chi connectivity index (χ3v) is 4.48. The summed E-state index contributed by atoms with van der Waals surface area (Å²) in [5.74, 6) is -0.280. The van der Waals surface area contributed by atoms with Crippen molar-refractivity contribution in [3.05, 3.63) is 53.6 Å². The molecule has 7 heteroatoms. The Morgan fingerprint density at radius 2 is 2.00 bits per heavy atom. The summed E-state index contributed by atoms with van der Waals surface area (Å²) in [4.78, 5) is 37.5. The Bertz CT molecular complexity index is 909. The van der Waals surface area contributed by atoms with E-state index in [9.17, 15) is 14.4 Å². The molecule has 2 amide bonds. The van der Waals surface area contributed by atoms with Crippen LogP contribution in [-0.4, -0.2) is 38.0 Å². The number of carbonyl (C=O) groups is 3. The van der Waals surface area contributed by atoms with Crippen LogP contribution in [0.15, 0.2) is 42.5 Å². The molecule has 0 atom stereocenters. The number of anilines is 2. The number of methoxy groups -OCH3 is 1. The number of nitrogens with zero attached hydrogens (tertiary/aromatic N) is 1. The molecule has 1 aliphatic heterocycles. The first kappa shape index (κ1) is 19.4. The molecule has 0 aliphatic carbocycles. The zero-order valence-corrected chi connectivity index (χ0v) is 15.9. The quantitative estimate of drug-likeness (QED) is 0.777. The lowest BCUT2D eigenvalue weighted by Gasteiger charge is -2.17. The SMILES string of the molecule is COC(=O)c1ccc(C)c(OCC(=O)Nc2cccc(N3CCCC3=O)c2)c1. The molecule has 0 saturated carbocycles. The number of carbonyl (C=O) groups excluding carboxylic acids is 3. The Morgan fingerprint density at radius 1 is 1.18 bits per heavy atom. The Morgan fingerprint density at radius 3 is 2.71 bits per heavy atom. The van der Waals surface area contributed by atoms with Gasteiger partial charge in [0.1, 0.15) is 5.75 Å². The van der Waals surface area contributed by atoms with Crippen LogP contribution < -0.4 is 15.0 Å². The second-order valence-corrected chi connectivity index (χ2v) is 6.51. The molecular weight excluding hydrogens is 360 g/mol. The molecule has 7 nitrogen and oxygen atoms in total. The van der Waals surface area contributed by atoms with Crippen molar-refractivity contribution < 1.29 is 23.9 Å². The van der Waals surface area contributed by atoms with E-state index < -0.39 is 5.97 Å². The van der Waals surface area contributed by atoms with Gasteiger partial charge < -0.3 is 19.7 Å². The van der Waals surface area contributed by atoms with Crippen LogP contribution in [0.3, 0.4) is 0 Å². The second kappa shape index (κ2) is 8.56. The maximum absolute atomic E-state index is 12.3. The number of esters is 1. The van der Waals surface area contributed by atoms with E-state index in [1.54, 1.807) is 41.3 Å². The third-order valence-electron chi connectivity index (χ3n) is 4.48. The summed E-state index contributed by atoms with van der Waals surface area (Å²) in [5, 5.41) is 2.77. The van der Waals surface area contributed by atoms with Crippen molar-refractivity contribution in [2.75, 3.05) is 30.5 Å². The normalized spacial score (nSPS) is 13.4.